The summed E-state index contributed by atoms with van der Waals surface area (Å²) in [6.45, 7) is 2.05. The van der Waals surface area contributed by atoms with Crippen LogP contribution in [0.1, 0.15) is 31.2 Å². The van der Waals surface area contributed by atoms with Crippen LogP contribution in [0.5, 0.6) is 5.88 Å². The number of amides is 1. The molecule has 2 aromatic heterocycles. The van der Waals surface area contributed by atoms with Crippen LogP contribution in [0.4, 0.5) is 5.82 Å². The quantitative estimate of drug-likeness (QED) is 0.848. The van der Waals surface area contributed by atoms with Gasteiger partial charge in [-0.1, -0.05) is 13.3 Å². The zero-order valence-corrected chi connectivity index (χ0v) is 14.1. The van der Waals surface area contributed by atoms with E-state index < -0.39 is 0 Å². The minimum atomic E-state index is -0.257. The van der Waals surface area contributed by atoms with Crippen molar-refractivity contribution in [3.8, 4) is 5.88 Å². The van der Waals surface area contributed by atoms with Gasteiger partial charge in [0.05, 0.1) is 13.0 Å². The van der Waals surface area contributed by atoms with Crippen LogP contribution in [-0.2, 0) is 4.79 Å². The minimum Gasteiger partial charge on any atom is -0.481 e. The second-order valence-electron chi connectivity index (χ2n) is 4.82. The van der Waals surface area contributed by atoms with Crippen molar-refractivity contribution < 1.29 is 9.53 Å². The van der Waals surface area contributed by atoms with Crippen LogP contribution in [0.25, 0.3) is 0 Å². The summed E-state index contributed by atoms with van der Waals surface area (Å²) in [4.78, 5) is 20.8. The molecule has 2 aromatic rings. The van der Waals surface area contributed by atoms with Crippen molar-refractivity contribution >= 4 is 27.7 Å². The van der Waals surface area contributed by atoms with Crippen molar-refractivity contribution in [1.29, 1.82) is 0 Å². The van der Waals surface area contributed by atoms with Gasteiger partial charge in [0.25, 0.3) is 0 Å². The molecule has 0 saturated carbocycles. The molecule has 0 aromatic carbocycles. The van der Waals surface area contributed by atoms with Gasteiger partial charge in [0.15, 0.2) is 0 Å². The zero-order valence-electron chi connectivity index (χ0n) is 12.5. The Morgan fingerprint density at radius 3 is 2.82 bits per heavy atom. The van der Waals surface area contributed by atoms with E-state index in [9.17, 15) is 4.79 Å². The van der Waals surface area contributed by atoms with Crippen LogP contribution in [0.2, 0.25) is 0 Å². The first-order valence-corrected chi connectivity index (χ1v) is 7.85. The molecule has 0 radical (unpaired) electrons. The molecule has 0 bridgehead atoms. The molecule has 5 nitrogen and oxygen atoms in total. The normalized spacial score (nSPS) is 11.8. The second-order valence-corrected chi connectivity index (χ2v) is 5.74. The minimum absolute atomic E-state index is 0.0788. The molecule has 1 atom stereocenters. The Labute approximate surface area is 138 Å². The van der Waals surface area contributed by atoms with Crippen molar-refractivity contribution in [1.82, 2.24) is 9.97 Å². The van der Waals surface area contributed by atoms with Gasteiger partial charge in [-0.3, -0.25) is 4.79 Å². The molecule has 22 heavy (non-hydrogen) atoms. The molecule has 0 saturated heterocycles. The summed E-state index contributed by atoms with van der Waals surface area (Å²) in [7, 11) is 1.56. The largest absolute Gasteiger partial charge is 0.481 e. The van der Waals surface area contributed by atoms with Gasteiger partial charge in [-0.05, 0) is 46.1 Å². The number of hydrogen-bond donors (Lipinski definition) is 1. The average Bonchev–Trinajstić information content (AvgIpc) is 2.54. The highest BCUT2D eigenvalue weighted by Crippen LogP contribution is 2.25. The number of anilines is 1. The van der Waals surface area contributed by atoms with E-state index in [0.717, 1.165) is 22.9 Å². The van der Waals surface area contributed by atoms with Crippen molar-refractivity contribution in [3.63, 3.8) is 0 Å². The van der Waals surface area contributed by atoms with Gasteiger partial charge in [-0.25, -0.2) is 9.97 Å². The number of ether oxygens (including phenoxy) is 1. The predicted octanol–water partition coefficient (Wildman–Crippen LogP) is 3.77. The van der Waals surface area contributed by atoms with Crippen molar-refractivity contribution in [2.24, 2.45) is 0 Å². The average molecular weight is 364 g/mol. The predicted molar refractivity (Wildman–Crippen MR) is 89.0 cm³/mol. The van der Waals surface area contributed by atoms with Crippen LogP contribution in [-0.4, -0.2) is 23.0 Å². The molecule has 2 heterocycles. The van der Waals surface area contributed by atoms with Gasteiger partial charge < -0.3 is 10.1 Å². The fourth-order valence-corrected chi connectivity index (χ4v) is 2.39. The van der Waals surface area contributed by atoms with E-state index in [-0.39, 0.29) is 11.8 Å². The molecule has 0 aliphatic carbocycles. The van der Waals surface area contributed by atoms with E-state index in [4.69, 9.17) is 4.74 Å². The third-order valence-electron chi connectivity index (χ3n) is 3.24. The van der Waals surface area contributed by atoms with Crippen molar-refractivity contribution in [2.75, 3.05) is 12.4 Å². The Morgan fingerprint density at radius 1 is 1.36 bits per heavy atom. The number of pyridine rings is 2. The van der Waals surface area contributed by atoms with E-state index in [1.54, 1.807) is 31.6 Å². The topological polar surface area (TPSA) is 64.1 Å². The zero-order chi connectivity index (χ0) is 15.9. The molecule has 0 aliphatic heterocycles. The fraction of sp³-hybridized carbons (Fsp3) is 0.312. The fourth-order valence-electron chi connectivity index (χ4n) is 2.15. The smallest absolute Gasteiger partial charge is 0.233 e. The lowest BCUT2D eigenvalue weighted by Gasteiger charge is -2.16. The van der Waals surface area contributed by atoms with Gasteiger partial charge in [0, 0.05) is 22.9 Å². The number of hydrogen-bond acceptors (Lipinski definition) is 4. The highest BCUT2D eigenvalue weighted by molar-refractivity contribution is 9.10. The lowest BCUT2D eigenvalue weighted by molar-refractivity contribution is -0.117. The van der Waals surface area contributed by atoms with Gasteiger partial charge in [0.2, 0.25) is 11.8 Å². The lowest BCUT2D eigenvalue weighted by Crippen LogP contribution is -2.21. The molecule has 116 valence electrons. The number of carbonyl (C=O) groups excluding carboxylic acids is 1. The second kappa shape index (κ2) is 7.89. The molecule has 0 spiro atoms. The van der Waals surface area contributed by atoms with Gasteiger partial charge in [0.1, 0.15) is 5.82 Å². The highest BCUT2D eigenvalue weighted by Gasteiger charge is 2.21. The monoisotopic (exact) mass is 363 g/mol. The number of methoxy groups -OCH3 is 1. The first-order valence-electron chi connectivity index (χ1n) is 7.06. The standard InChI is InChI=1S/C16H18BrN3O2/c1-3-4-13(11-7-8-18-15(9-11)22-2)16(21)20-14-6-5-12(17)10-19-14/h5-10,13H,3-4H2,1-2H3,(H,19,20,21). The Bertz CT molecular complexity index is 632. The van der Waals surface area contributed by atoms with Gasteiger partial charge in [-0.2, -0.15) is 0 Å². The molecule has 0 aliphatic rings. The highest BCUT2D eigenvalue weighted by atomic mass is 79.9. The number of aromatic nitrogens is 2. The Hall–Kier alpha value is -1.95. The molecule has 0 fully saturated rings. The van der Waals surface area contributed by atoms with E-state index in [0.29, 0.717) is 11.7 Å². The molecule has 1 unspecified atom stereocenters. The van der Waals surface area contributed by atoms with Crippen LogP contribution < -0.4 is 10.1 Å². The Kier molecular flexibility index (Phi) is 5.89. The summed E-state index contributed by atoms with van der Waals surface area (Å²) in [5.41, 5.74) is 0.892. The summed E-state index contributed by atoms with van der Waals surface area (Å²) in [5, 5.41) is 2.86. The lowest BCUT2D eigenvalue weighted by atomic mass is 9.94. The van der Waals surface area contributed by atoms with Crippen molar-refractivity contribution in [3.05, 3.63) is 46.7 Å². The van der Waals surface area contributed by atoms with Crippen LogP contribution in [0.3, 0.4) is 0 Å². The van der Waals surface area contributed by atoms with E-state index in [1.807, 2.05) is 12.1 Å². The molecule has 1 N–H and O–H groups in total. The summed E-state index contributed by atoms with van der Waals surface area (Å²) in [6.07, 6.45) is 4.95. The van der Waals surface area contributed by atoms with E-state index >= 15 is 0 Å². The van der Waals surface area contributed by atoms with Gasteiger partial charge >= 0.3 is 0 Å². The number of nitrogens with one attached hydrogen (secondary N) is 1. The maximum atomic E-state index is 12.6. The maximum Gasteiger partial charge on any atom is 0.233 e. The summed E-state index contributed by atoms with van der Waals surface area (Å²) in [5.74, 6) is 0.709. The Morgan fingerprint density at radius 2 is 2.18 bits per heavy atom. The first-order chi connectivity index (χ1) is 10.6. The summed E-state index contributed by atoms with van der Waals surface area (Å²) < 4.78 is 6.00. The molecular weight excluding hydrogens is 346 g/mol. The third-order valence-corrected chi connectivity index (χ3v) is 3.71. The summed E-state index contributed by atoms with van der Waals surface area (Å²) >= 11 is 3.32. The van der Waals surface area contributed by atoms with Crippen LogP contribution in [0.15, 0.2) is 41.1 Å². The SMILES string of the molecule is CCCC(C(=O)Nc1ccc(Br)cn1)c1ccnc(OC)c1. The summed E-state index contributed by atoms with van der Waals surface area (Å²) in [6, 6.07) is 7.25. The Balaban J connectivity index is 2.18. The number of carbonyl (C=O) groups is 1. The van der Waals surface area contributed by atoms with Gasteiger partial charge in [-0.15, -0.1) is 0 Å². The molecule has 6 heteroatoms. The number of halogens is 1. The third kappa shape index (κ3) is 4.27. The number of nitrogens with zero attached hydrogens (tertiary/aromatic N) is 2. The number of rotatable bonds is 6. The first kappa shape index (κ1) is 16.4. The van der Waals surface area contributed by atoms with Crippen LogP contribution in [0, 0.1) is 0 Å². The molecule has 1 amide bonds. The maximum absolute atomic E-state index is 12.6. The van der Waals surface area contributed by atoms with Crippen LogP contribution >= 0.6 is 15.9 Å². The molecular formula is C16H18BrN3O2. The van der Waals surface area contributed by atoms with Crippen molar-refractivity contribution in [2.45, 2.75) is 25.7 Å². The van der Waals surface area contributed by atoms with E-state index in [2.05, 4.69) is 38.1 Å². The van der Waals surface area contributed by atoms with E-state index in [1.165, 1.54) is 0 Å². The molecule has 2 rings (SSSR count).